The van der Waals surface area contributed by atoms with Gasteiger partial charge in [-0.2, -0.15) is 4.98 Å². The molecule has 0 bridgehead atoms. The SMILES string of the molecule is CCNc1nc(C)cc(N2CCN(Cc3csc(C)n3)CC2)n1. The van der Waals surface area contributed by atoms with Crippen LogP contribution in [0.25, 0.3) is 0 Å². The van der Waals surface area contributed by atoms with Gasteiger partial charge in [-0.3, -0.25) is 4.90 Å². The van der Waals surface area contributed by atoms with E-state index in [0.29, 0.717) is 0 Å². The molecule has 6 nitrogen and oxygen atoms in total. The van der Waals surface area contributed by atoms with Crippen LogP contribution in [0.4, 0.5) is 11.8 Å². The molecule has 0 amide bonds. The first-order valence-corrected chi connectivity index (χ1v) is 9.00. The topological polar surface area (TPSA) is 57.2 Å². The summed E-state index contributed by atoms with van der Waals surface area (Å²) >= 11 is 1.73. The fraction of sp³-hybridized carbons (Fsp3) is 0.562. The number of aryl methyl sites for hydroxylation is 2. The first-order chi connectivity index (χ1) is 11.1. The maximum Gasteiger partial charge on any atom is 0.224 e. The third-order valence-electron chi connectivity index (χ3n) is 3.92. The maximum absolute atomic E-state index is 4.63. The molecular weight excluding hydrogens is 308 g/mol. The molecular formula is C16H24N6S. The Balaban J connectivity index is 1.60. The minimum Gasteiger partial charge on any atom is -0.354 e. The van der Waals surface area contributed by atoms with E-state index in [0.717, 1.165) is 61.7 Å². The number of piperazine rings is 1. The Morgan fingerprint density at radius 3 is 2.57 bits per heavy atom. The van der Waals surface area contributed by atoms with Crippen molar-refractivity contribution in [2.75, 3.05) is 42.9 Å². The molecule has 2 aromatic heterocycles. The van der Waals surface area contributed by atoms with Gasteiger partial charge in [0.1, 0.15) is 5.82 Å². The van der Waals surface area contributed by atoms with E-state index in [2.05, 4.69) is 55.4 Å². The summed E-state index contributed by atoms with van der Waals surface area (Å²) in [5.41, 5.74) is 2.19. The molecule has 0 radical (unpaired) electrons. The first kappa shape index (κ1) is 16.1. The average Bonchev–Trinajstić information content (AvgIpc) is 2.93. The van der Waals surface area contributed by atoms with Gasteiger partial charge in [0.05, 0.1) is 10.7 Å². The Kier molecular flexibility index (Phi) is 5.07. The molecule has 1 saturated heterocycles. The van der Waals surface area contributed by atoms with Crippen LogP contribution in [-0.2, 0) is 6.54 Å². The van der Waals surface area contributed by atoms with E-state index in [1.54, 1.807) is 11.3 Å². The molecule has 1 aliphatic heterocycles. The van der Waals surface area contributed by atoms with Gasteiger partial charge in [-0.1, -0.05) is 0 Å². The van der Waals surface area contributed by atoms with Gasteiger partial charge >= 0.3 is 0 Å². The minimum atomic E-state index is 0.725. The van der Waals surface area contributed by atoms with Crippen molar-refractivity contribution >= 4 is 23.1 Å². The van der Waals surface area contributed by atoms with Crippen molar-refractivity contribution in [3.63, 3.8) is 0 Å². The van der Waals surface area contributed by atoms with E-state index >= 15 is 0 Å². The van der Waals surface area contributed by atoms with Gasteiger partial charge in [0.15, 0.2) is 0 Å². The summed E-state index contributed by atoms with van der Waals surface area (Å²) in [6, 6.07) is 2.07. The lowest BCUT2D eigenvalue weighted by Crippen LogP contribution is -2.46. The molecule has 0 spiro atoms. The van der Waals surface area contributed by atoms with E-state index < -0.39 is 0 Å². The van der Waals surface area contributed by atoms with E-state index in [1.165, 1.54) is 5.69 Å². The predicted molar refractivity (Wildman–Crippen MR) is 95.3 cm³/mol. The molecule has 1 aliphatic rings. The normalized spacial score (nSPS) is 15.9. The van der Waals surface area contributed by atoms with Crippen molar-refractivity contribution in [1.82, 2.24) is 19.9 Å². The van der Waals surface area contributed by atoms with Crippen molar-refractivity contribution in [3.8, 4) is 0 Å². The van der Waals surface area contributed by atoms with Crippen LogP contribution in [0.5, 0.6) is 0 Å². The first-order valence-electron chi connectivity index (χ1n) is 8.12. The Hall–Kier alpha value is -1.73. The van der Waals surface area contributed by atoms with Crippen LogP contribution in [0.3, 0.4) is 0 Å². The number of aromatic nitrogens is 3. The van der Waals surface area contributed by atoms with E-state index in [1.807, 2.05) is 6.92 Å². The fourth-order valence-electron chi connectivity index (χ4n) is 2.80. The predicted octanol–water partition coefficient (Wildman–Crippen LogP) is 2.30. The highest BCUT2D eigenvalue weighted by atomic mass is 32.1. The number of nitrogens with zero attached hydrogens (tertiary/aromatic N) is 5. The molecule has 3 heterocycles. The summed E-state index contributed by atoms with van der Waals surface area (Å²) in [4.78, 5) is 18.4. The lowest BCUT2D eigenvalue weighted by molar-refractivity contribution is 0.247. The lowest BCUT2D eigenvalue weighted by Gasteiger charge is -2.35. The van der Waals surface area contributed by atoms with Crippen LogP contribution in [-0.4, -0.2) is 52.6 Å². The van der Waals surface area contributed by atoms with Gasteiger partial charge < -0.3 is 10.2 Å². The summed E-state index contributed by atoms with van der Waals surface area (Å²) in [5.74, 6) is 1.75. The van der Waals surface area contributed by atoms with Crippen LogP contribution in [0, 0.1) is 13.8 Å². The molecule has 7 heteroatoms. The van der Waals surface area contributed by atoms with Crippen molar-refractivity contribution in [2.24, 2.45) is 0 Å². The highest BCUT2D eigenvalue weighted by Gasteiger charge is 2.19. The number of rotatable bonds is 5. The van der Waals surface area contributed by atoms with Gasteiger partial charge in [0.25, 0.3) is 0 Å². The standard InChI is InChI=1S/C16H24N6S/c1-4-17-16-18-12(2)9-15(20-16)22-7-5-21(6-8-22)10-14-11-23-13(3)19-14/h9,11H,4-8,10H2,1-3H3,(H,17,18,20). The van der Waals surface area contributed by atoms with Gasteiger partial charge in [-0.15, -0.1) is 11.3 Å². The molecule has 1 N–H and O–H groups in total. The molecule has 3 rings (SSSR count). The quantitative estimate of drug-likeness (QED) is 0.907. The summed E-state index contributed by atoms with van der Waals surface area (Å²) in [6.07, 6.45) is 0. The molecule has 0 atom stereocenters. The molecule has 23 heavy (non-hydrogen) atoms. The van der Waals surface area contributed by atoms with Crippen LogP contribution in [0.1, 0.15) is 23.3 Å². The van der Waals surface area contributed by atoms with Crippen LogP contribution >= 0.6 is 11.3 Å². The Morgan fingerprint density at radius 2 is 1.91 bits per heavy atom. The van der Waals surface area contributed by atoms with Gasteiger partial charge in [0.2, 0.25) is 5.95 Å². The Bertz CT molecular complexity index is 648. The van der Waals surface area contributed by atoms with Crippen molar-refractivity contribution in [3.05, 3.63) is 27.8 Å². The second-order valence-corrected chi connectivity index (χ2v) is 6.90. The lowest BCUT2D eigenvalue weighted by atomic mass is 10.3. The van der Waals surface area contributed by atoms with Gasteiger partial charge in [-0.25, -0.2) is 9.97 Å². The Morgan fingerprint density at radius 1 is 1.13 bits per heavy atom. The number of thiazole rings is 1. The van der Waals surface area contributed by atoms with Gasteiger partial charge in [0, 0.05) is 56.4 Å². The van der Waals surface area contributed by atoms with Crippen LogP contribution in [0.15, 0.2) is 11.4 Å². The largest absolute Gasteiger partial charge is 0.354 e. The summed E-state index contributed by atoms with van der Waals surface area (Å²) in [7, 11) is 0. The summed E-state index contributed by atoms with van der Waals surface area (Å²) < 4.78 is 0. The molecule has 0 unspecified atom stereocenters. The van der Waals surface area contributed by atoms with Crippen molar-refractivity contribution < 1.29 is 0 Å². The third-order valence-corrected chi connectivity index (χ3v) is 4.75. The number of anilines is 2. The Labute approximate surface area is 141 Å². The monoisotopic (exact) mass is 332 g/mol. The highest BCUT2D eigenvalue weighted by molar-refractivity contribution is 7.09. The van der Waals surface area contributed by atoms with Gasteiger partial charge in [-0.05, 0) is 20.8 Å². The van der Waals surface area contributed by atoms with E-state index in [-0.39, 0.29) is 0 Å². The van der Waals surface area contributed by atoms with Crippen molar-refractivity contribution in [1.29, 1.82) is 0 Å². The maximum atomic E-state index is 4.63. The second-order valence-electron chi connectivity index (χ2n) is 5.84. The molecule has 0 saturated carbocycles. The molecule has 2 aromatic rings. The number of hydrogen-bond acceptors (Lipinski definition) is 7. The third kappa shape index (κ3) is 4.17. The summed E-state index contributed by atoms with van der Waals surface area (Å²) in [5, 5.41) is 6.51. The molecule has 124 valence electrons. The molecule has 0 aromatic carbocycles. The number of hydrogen-bond donors (Lipinski definition) is 1. The number of nitrogens with one attached hydrogen (secondary N) is 1. The summed E-state index contributed by atoms with van der Waals surface area (Å²) in [6.45, 7) is 12.0. The zero-order valence-electron chi connectivity index (χ0n) is 14.0. The van der Waals surface area contributed by atoms with E-state index in [9.17, 15) is 0 Å². The zero-order valence-corrected chi connectivity index (χ0v) is 14.9. The fourth-order valence-corrected chi connectivity index (χ4v) is 3.40. The van der Waals surface area contributed by atoms with E-state index in [4.69, 9.17) is 0 Å². The minimum absolute atomic E-state index is 0.725. The molecule has 0 aliphatic carbocycles. The van der Waals surface area contributed by atoms with Crippen LogP contribution in [0.2, 0.25) is 0 Å². The van der Waals surface area contributed by atoms with Crippen molar-refractivity contribution in [2.45, 2.75) is 27.3 Å². The second kappa shape index (κ2) is 7.23. The molecule has 1 fully saturated rings. The smallest absolute Gasteiger partial charge is 0.224 e. The highest BCUT2D eigenvalue weighted by Crippen LogP contribution is 2.18. The van der Waals surface area contributed by atoms with Crippen LogP contribution < -0.4 is 10.2 Å². The zero-order chi connectivity index (χ0) is 16.2. The average molecular weight is 332 g/mol.